The van der Waals surface area contributed by atoms with E-state index in [0.29, 0.717) is 43.2 Å². The van der Waals surface area contributed by atoms with Crippen LogP contribution in [-0.2, 0) is 16.1 Å². The van der Waals surface area contributed by atoms with Crippen molar-refractivity contribution < 1.29 is 32.5 Å². The number of methoxy groups -OCH3 is 2. The number of carbonyl (C=O) groups excluding carboxylic acids is 1. The molecule has 0 saturated carbocycles. The molecule has 11 heteroatoms. The number of benzene rings is 3. The van der Waals surface area contributed by atoms with Crippen LogP contribution < -0.4 is 29.1 Å². The molecule has 1 atom stereocenters. The third-order valence-corrected chi connectivity index (χ3v) is 7.81. The second-order valence-corrected chi connectivity index (χ2v) is 10.5. The fraction of sp³-hybridized carbons (Fsp3) is 0.219. The van der Waals surface area contributed by atoms with E-state index in [2.05, 4.69) is 4.99 Å². The van der Waals surface area contributed by atoms with Crippen molar-refractivity contribution in [3.8, 4) is 17.2 Å². The third kappa shape index (κ3) is 6.07. The summed E-state index contributed by atoms with van der Waals surface area (Å²) in [6, 6.07) is 14.7. The van der Waals surface area contributed by atoms with Crippen LogP contribution in [-0.4, -0.2) is 31.4 Å². The van der Waals surface area contributed by atoms with Crippen molar-refractivity contribution in [3.05, 3.63) is 120 Å². The van der Waals surface area contributed by atoms with Gasteiger partial charge < -0.3 is 18.9 Å². The van der Waals surface area contributed by atoms with E-state index in [4.69, 9.17) is 18.9 Å². The maximum atomic E-state index is 14.1. The first-order chi connectivity index (χ1) is 20.7. The van der Waals surface area contributed by atoms with Gasteiger partial charge in [-0.3, -0.25) is 9.36 Å². The number of halogens is 2. The fourth-order valence-electron chi connectivity index (χ4n) is 4.79. The van der Waals surface area contributed by atoms with E-state index in [9.17, 15) is 18.4 Å². The van der Waals surface area contributed by atoms with E-state index in [1.165, 1.54) is 29.1 Å². The molecule has 0 fully saturated rings. The molecule has 8 nitrogen and oxygen atoms in total. The average molecular weight is 607 g/mol. The minimum absolute atomic E-state index is 0.0613. The Kier molecular flexibility index (Phi) is 8.72. The Hall–Kier alpha value is -4.77. The first-order valence-electron chi connectivity index (χ1n) is 13.3. The minimum Gasteiger partial charge on any atom is -0.497 e. The lowest BCUT2D eigenvalue weighted by atomic mass is 9.96. The Labute approximate surface area is 249 Å². The fourth-order valence-corrected chi connectivity index (χ4v) is 5.84. The minimum atomic E-state index is -0.819. The summed E-state index contributed by atoms with van der Waals surface area (Å²) in [5.41, 5.74) is 2.35. The van der Waals surface area contributed by atoms with Crippen LogP contribution in [0.3, 0.4) is 0 Å². The lowest BCUT2D eigenvalue weighted by molar-refractivity contribution is -0.139. The van der Waals surface area contributed by atoms with Gasteiger partial charge >= 0.3 is 5.97 Å². The van der Waals surface area contributed by atoms with Crippen LogP contribution in [0.1, 0.15) is 36.6 Å². The summed E-state index contributed by atoms with van der Waals surface area (Å²) in [6.45, 7) is 3.55. The predicted molar refractivity (Wildman–Crippen MR) is 157 cm³/mol. The Balaban J connectivity index is 1.57. The van der Waals surface area contributed by atoms with Gasteiger partial charge in [0.15, 0.2) is 16.4 Å². The number of carbonyl (C=O) groups is 1. The summed E-state index contributed by atoms with van der Waals surface area (Å²) in [5, 5.41) is 0. The molecule has 0 aliphatic carbocycles. The molecule has 0 amide bonds. The molecule has 0 N–H and O–H groups in total. The number of esters is 1. The van der Waals surface area contributed by atoms with Crippen LogP contribution in [0.5, 0.6) is 17.2 Å². The van der Waals surface area contributed by atoms with Crippen molar-refractivity contribution in [3.63, 3.8) is 0 Å². The van der Waals surface area contributed by atoms with Gasteiger partial charge in [-0.15, -0.1) is 0 Å². The summed E-state index contributed by atoms with van der Waals surface area (Å²) < 4.78 is 51.0. The van der Waals surface area contributed by atoms with Crippen LogP contribution in [0.4, 0.5) is 8.78 Å². The molecular formula is C32H28F2N2O6S. The predicted octanol–water partition coefficient (Wildman–Crippen LogP) is 4.67. The van der Waals surface area contributed by atoms with Crippen molar-refractivity contribution in [1.82, 2.24) is 4.57 Å². The SMILES string of the molecule is CCOC(=O)C1=C(C)N=c2s/c(=C\c3ccc(OC)c(COc4ccc(F)cc4F)c3)c(=O)n2C1c1ccc(OC)cc1. The third-order valence-electron chi connectivity index (χ3n) is 6.83. The molecule has 0 radical (unpaired) electrons. The Morgan fingerprint density at radius 3 is 2.44 bits per heavy atom. The molecule has 3 aromatic carbocycles. The molecule has 43 heavy (non-hydrogen) atoms. The molecule has 0 saturated heterocycles. The van der Waals surface area contributed by atoms with E-state index in [1.807, 2.05) is 0 Å². The van der Waals surface area contributed by atoms with Crippen LogP contribution in [0.25, 0.3) is 6.08 Å². The van der Waals surface area contributed by atoms with Crippen molar-refractivity contribution in [2.24, 2.45) is 4.99 Å². The summed E-state index contributed by atoms with van der Waals surface area (Å²) in [4.78, 5) is 32.0. The molecule has 5 rings (SSSR count). The quantitative estimate of drug-likeness (QED) is 0.258. The van der Waals surface area contributed by atoms with Gasteiger partial charge in [-0.2, -0.15) is 0 Å². The van der Waals surface area contributed by atoms with E-state index in [1.54, 1.807) is 69.5 Å². The zero-order valence-electron chi connectivity index (χ0n) is 23.9. The molecule has 0 bridgehead atoms. The lowest BCUT2D eigenvalue weighted by Crippen LogP contribution is -2.39. The number of fused-ring (bicyclic) bond motifs is 1. The number of hydrogen-bond donors (Lipinski definition) is 0. The molecule has 2 heterocycles. The number of aromatic nitrogens is 1. The molecule has 222 valence electrons. The molecule has 1 aliphatic rings. The standard InChI is InChI=1S/C32H28F2N2O6S/c1-5-41-31(38)28-18(2)35-32-36(29(28)20-7-10-23(39-3)11-8-20)30(37)27(43-32)15-19-6-12-25(40-4)21(14-19)17-42-26-13-9-22(33)16-24(26)34/h6-16,29H,5,17H2,1-4H3/b27-15-. The van der Waals surface area contributed by atoms with Gasteiger partial charge in [0.25, 0.3) is 5.56 Å². The zero-order valence-corrected chi connectivity index (χ0v) is 24.7. The van der Waals surface area contributed by atoms with Gasteiger partial charge in [0.1, 0.15) is 23.9 Å². The largest absolute Gasteiger partial charge is 0.497 e. The smallest absolute Gasteiger partial charge is 0.338 e. The normalized spacial score (nSPS) is 14.7. The highest BCUT2D eigenvalue weighted by Gasteiger charge is 2.33. The van der Waals surface area contributed by atoms with Crippen LogP contribution in [0.15, 0.2) is 81.7 Å². The molecule has 0 spiro atoms. The average Bonchev–Trinajstić information content (AvgIpc) is 3.30. The number of rotatable bonds is 9. The molecule has 1 aliphatic heterocycles. The molecule has 4 aromatic rings. The van der Waals surface area contributed by atoms with Gasteiger partial charge in [-0.05, 0) is 67.4 Å². The van der Waals surface area contributed by atoms with Gasteiger partial charge in [-0.25, -0.2) is 18.6 Å². The van der Waals surface area contributed by atoms with E-state index < -0.39 is 23.6 Å². The highest BCUT2D eigenvalue weighted by Crippen LogP contribution is 2.32. The van der Waals surface area contributed by atoms with E-state index in [-0.39, 0.29) is 30.1 Å². The molecule has 1 aromatic heterocycles. The number of hydrogen-bond acceptors (Lipinski definition) is 8. The second-order valence-electron chi connectivity index (χ2n) is 9.51. The topological polar surface area (TPSA) is 88.4 Å². The van der Waals surface area contributed by atoms with Crippen LogP contribution >= 0.6 is 11.3 Å². The number of allylic oxidation sites excluding steroid dienone is 1. The Bertz CT molecular complexity index is 1900. The summed E-state index contributed by atoms with van der Waals surface area (Å²) in [5.74, 6) is -1.04. The highest BCUT2D eigenvalue weighted by molar-refractivity contribution is 7.07. The maximum Gasteiger partial charge on any atom is 0.338 e. The number of nitrogens with zero attached hydrogens (tertiary/aromatic N) is 2. The summed E-state index contributed by atoms with van der Waals surface area (Å²) in [7, 11) is 3.06. The zero-order chi connectivity index (χ0) is 30.7. The van der Waals surface area contributed by atoms with Crippen molar-refractivity contribution >= 4 is 23.4 Å². The number of ether oxygens (including phenoxy) is 4. The second kappa shape index (κ2) is 12.6. The van der Waals surface area contributed by atoms with Crippen LogP contribution in [0, 0.1) is 11.6 Å². The van der Waals surface area contributed by atoms with Gasteiger partial charge in [-0.1, -0.05) is 29.5 Å². The van der Waals surface area contributed by atoms with E-state index >= 15 is 0 Å². The van der Waals surface area contributed by atoms with Crippen LogP contribution in [0.2, 0.25) is 0 Å². The van der Waals surface area contributed by atoms with Crippen molar-refractivity contribution in [1.29, 1.82) is 0 Å². The first kappa shape index (κ1) is 29.7. The number of thiazole rings is 1. The summed E-state index contributed by atoms with van der Waals surface area (Å²) in [6.07, 6.45) is 1.71. The van der Waals surface area contributed by atoms with Gasteiger partial charge in [0.2, 0.25) is 0 Å². The highest BCUT2D eigenvalue weighted by atomic mass is 32.1. The van der Waals surface area contributed by atoms with Crippen molar-refractivity contribution in [2.75, 3.05) is 20.8 Å². The molecule has 1 unspecified atom stereocenters. The Morgan fingerprint density at radius 1 is 1.02 bits per heavy atom. The van der Waals surface area contributed by atoms with Gasteiger partial charge in [0.05, 0.1) is 42.7 Å². The van der Waals surface area contributed by atoms with E-state index in [0.717, 1.165) is 12.1 Å². The van der Waals surface area contributed by atoms with Crippen molar-refractivity contribution in [2.45, 2.75) is 26.5 Å². The van der Waals surface area contributed by atoms with Gasteiger partial charge in [0, 0.05) is 11.6 Å². The lowest BCUT2D eigenvalue weighted by Gasteiger charge is -2.24. The molecular weight excluding hydrogens is 578 g/mol. The maximum absolute atomic E-state index is 14.1. The first-order valence-corrected chi connectivity index (χ1v) is 14.1. The monoisotopic (exact) mass is 606 g/mol. The summed E-state index contributed by atoms with van der Waals surface area (Å²) >= 11 is 1.19. The Morgan fingerprint density at radius 2 is 1.77 bits per heavy atom.